The average molecular weight is 287 g/mol. The Morgan fingerprint density at radius 3 is 2.76 bits per heavy atom. The van der Waals surface area contributed by atoms with Gasteiger partial charge in [-0.1, -0.05) is 0 Å². The number of piperidine rings is 1. The summed E-state index contributed by atoms with van der Waals surface area (Å²) in [7, 11) is 0. The van der Waals surface area contributed by atoms with Crippen LogP contribution in [0.4, 0.5) is 5.82 Å². The Balaban J connectivity index is 2.06. The molecule has 7 heteroatoms. The zero-order valence-electron chi connectivity index (χ0n) is 11.9. The number of aliphatic imine (C=N–C) groups is 2. The Hall–Kier alpha value is -2.44. The van der Waals surface area contributed by atoms with Crippen molar-refractivity contribution < 1.29 is 9.59 Å². The van der Waals surface area contributed by atoms with Crippen LogP contribution in [0.25, 0.3) is 0 Å². The van der Waals surface area contributed by atoms with Gasteiger partial charge < -0.3 is 0 Å². The fourth-order valence-electron chi connectivity index (χ4n) is 2.09. The molecule has 2 rings (SSSR count). The van der Waals surface area contributed by atoms with E-state index in [4.69, 9.17) is 0 Å². The molecule has 0 saturated carbocycles. The summed E-state index contributed by atoms with van der Waals surface area (Å²) in [5.41, 5.74) is 1.37. The van der Waals surface area contributed by atoms with Gasteiger partial charge in [-0.05, 0) is 20.1 Å². The molecule has 0 spiro atoms. The van der Waals surface area contributed by atoms with Crippen LogP contribution in [0.15, 0.2) is 16.2 Å². The molecule has 0 radical (unpaired) electrons. The molecule has 110 valence electrons. The van der Waals surface area contributed by atoms with E-state index in [0.29, 0.717) is 49.4 Å². The van der Waals surface area contributed by atoms with Gasteiger partial charge in [-0.3, -0.25) is 24.5 Å². The highest BCUT2D eigenvalue weighted by molar-refractivity contribution is 5.97. The lowest BCUT2D eigenvalue weighted by molar-refractivity contribution is -0.147. The third-order valence-corrected chi connectivity index (χ3v) is 3.22. The van der Waals surface area contributed by atoms with Crippen molar-refractivity contribution in [3.63, 3.8) is 0 Å². The molecule has 1 aliphatic heterocycles. The molecule has 2 heterocycles. The third kappa shape index (κ3) is 3.77. The second-order valence-corrected chi connectivity index (χ2v) is 4.74. The molecule has 1 fully saturated rings. The van der Waals surface area contributed by atoms with Gasteiger partial charge in [0.1, 0.15) is 6.34 Å². The topological polar surface area (TPSA) is 87.9 Å². The van der Waals surface area contributed by atoms with Crippen molar-refractivity contribution in [1.82, 2.24) is 14.9 Å². The van der Waals surface area contributed by atoms with Crippen molar-refractivity contribution in [3.8, 4) is 0 Å². The number of aryl methyl sites for hydroxylation is 1. The normalized spacial score (nSPS) is 15.8. The zero-order chi connectivity index (χ0) is 15.2. The summed E-state index contributed by atoms with van der Waals surface area (Å²) in [5.74, 6) is 0.247. The van der Waals surface area contributed by atoms with Crippen LogP contribution < -0.4 is 0 Å². The molecule has 1 saturated heterocycles. The van der Waals surface area contributed by atoms with Crippen LogP contribution in [0.1, 0.15) is 30.7 Å². The van der Waals surface area contributed by atoms with Crippen molar-refractivity contribution in [2.45, 2.75) is 32.6 Å². The van der Waals surface area contributed by atoms with E-state index in [9.17, 15) is 9.59 Å². The maximum atomic E-state index is 11.7. The van der Waals surface area contributed by atoms with E-state index < -0.39 is 0 Å². The molecule has 0 atom stereocenters. The summed E-state index contributed by atoms with van der Waals surface area (Å²) < 4.78 is 0. The lowest BCUT2D eigenvalue weighted by Crippen LogP contribution is -2.41. The van der Waals surface area contributed by atoms with Crippen LogP contribution in [0.3, 0.4) is 0 Å². The van der Waals surface area contributed by atoms with Crippen molar-refractivity contribution >= 4 is 30.7 Å². The van der Waals surface area contributed by atoms with Gasteiger partial charge in [0.25, 0.3) is 0 Å². The van der Waals surface area contributed by atoms with E-state index >= 15 is 0 Å². The quantitative estimate of drug-likeness (QED) is 0.463. The van der Waals surface area contributed by atoms with E-state index in [-0.39, 0.29) is 11.8 Å². The summed E-state index contributed by atoms with van der Waals surface area (Å²) in [6.45, 7) is 5.44. The number of rotatable bonds is 5. The highest BCUT2D eigenvalue weighted by Crippen LogP contribution is 2.15. The molecule has 0 N–H and O–H groups in total. The summed E-state index contributed by atoms with van der Waals surface area (Å²) in [6, 6.07) is 0. The molecule has 1 aliphatic rings. The Labute approximate surface area is 122 Å². The molecule has 0 aliphatic carbocycles. The average Bonchev–Trinajstić information content (AvgIpc) is 2.47. The monoisotopic (exact) mass is 287 g/mol. The Morgan fingerprint density at radius 2 is 2.10 bits per heavy atom. The van der Waals surface area contributed by atoms with Crippen LogP contribution in [-0.4, -0.2) is 46.3 Å². The maximum absolute atomic E-state index is 11.7. The summed E-state index contributed by atoms with van der Waals surface area (Å²) in [5, 5.41) is 0. The standard InChI is InChI=1S/C14H17N5O2/c1-10-14(17-9-15-2)18-11(8-16-10)6-7-19-12(20)4-3-5-13(19)21/h8-9H,2-7H2,1H3. The molecule has 0 unspecified atom stereocenters. The minimum absolute atomic E-state index is 0.111. The predicted molar refractivity (Wildman–Crippen MR) is 78.7 cm³/mol. The van der Waals surface area contributed by atoms with Crippen molar-refractivity contribution in [3.05, 3.63) is 17.6 Å². The lowest BCUT2D eigenvalue weighted by Gasteiger charge is -2.24. The molecular weight excluding hydrogens is 270 g/mol. The summed E-state index contributed by atoms with van der Waals surface area (Å²) in [4.78, 5) is 40.9. The first-order valence-electron chi connectivity index (χ1n) is 6.76. The van der Waals surface area contributed by atoms with Crippen LogP contribution in [0, 0.1) is 6.92 Å². The Bertz CT molecular complexity index is 581. The number of amides is 2. The van der Waals surface area contributed by atoms with Gasteiger partial charge in [0.05, 0.1) is 11.4 Å². The highest BCUT2D eigenvalue weighted by Gasteiger charge is 2.25. The molecule has 1 aromatic heterocycles. The van der Waals surface area contributed by atoms with Gasteiger partial charge in [0, 0.05) is 32.0 Å². The fraction of sp³-hybridized carbons (Fsp3) is 0.429. The molecule has 21 heavy (non-hydrogen) atoms. The Morgan fingerprint density at radius 1 is 1.38 bits per heavy atom. The van der Waals surface area contributed by atoms with Crippen LogP contribution in [0.2, 0.25) is 0 Å². The number of hydrogen-bond acceptors (Lipinski definition) is 5. The third-order valence-electron chi connectivity index (χ3n) is 3.22. The first kappa shape index (κ1) is 15.0. The van der Waals surface area contributed by atoms with Gasteiger partial charge in [0.2, 0.25) is 11.8 Å². The predicted octanol–water partition coefficient (Wildman–Crippen LogP) is 1.23. The lowest BCUT2D eigenvalue weighted by atomic mass is 10.1. The zero-order valence-corrected chi connectivity index (χ0v) is 11.9. The molecule has 2 amide bonds. The van der Waals surface area contributed by atoms with E-state index in [1.54, 1.807) is 13.1 Å². The highest BCUT2D eigenvalue weighted by atomic mass is 16.2. The molecule has 7 nitrogen and oxygen atoms in total. The van der Waals surface area contributed by atoms with Crippen LogP contribution >= 0.6 is 0 Å². The van der Waals surface area contributed by atoms with Crippen molar-refractivity contribution in [2.24, 2.45) is 9.98 Å². The Kier molecular flexibility index (Phi) is 4.86. The van der Waals surface area contributed by atoms with E-state index in [1.807, 2.05) is 0 Å². The number of likely N-dealkylation sites (tertiary alicyclic amines) is 1. The number of hydrogen-bond donors (Lipinski definition) is 0. The van der Waals surface area contributed by atoms with Gasteiger partial charge in [-0.15, -0.1) is 0 Å². The smallest absolute Gasteiger partial charge is 0.229 e. The first-order valence-corrected chi connectivity index (χ1v) is 6.76. The van der Waals surface area contributed by atoms with E-state index in [1.165, 1.54) is 11.2 Å². The molecule has 1 aromatic rings. The molecule has 0 aromatic carbocycles. The van der Waals surface area contributed by atoms with Gasteiger partial charge in [-0.2, -0.15) is 0 Å². The van der Waals surface area contributed by atoms with Crippen molar-refractivity contribution in [2.75, 3.05) is 6.54 Å². The summed E-state index contributed by atoms with van der Waals surface area (Å²) >= 11 is 0. The minimum Gasteiger partial charge on any atom is -0.282 e. The van der Waals surface area contributed by atoms with Gasteiger partial charge in [-0.25, -0.2) is 9.98 Å². The SMILES string of the molecule is C=NC=Nc1nc(CCN2C(=O)CCCC2=O)cnc1C. The van der Waals surface area contributed by atoms with Crippen molar-refractivity contribution in [1.29, 1.82) is 0 Å². The number of nitrogens with zero attached hydrogens (tertiary/aromatic N) is 5. The minimum atomic E-state index is -0.111. The fourth-order valence-corrected chi connectivity index (χ4v) is 2.09. The maximum Gasteiger partial charge on any atom is 0.229 e. The van der Waals surface area contributed by atoms with Crippen LogP contribution in [-0.2, 0) is 16.0 Å². The molecular formula is C14H17N5O2. The van der Waals surface area contributed by atoms with E-state index in [2.05, 4.69) is 26.7 Å². The van der Waals surface area contributed by atoms with Gasteiger partial charge >= 0.3 is 0 Å². The number of aromatic nitrogens is 2. The van der Waals surface area contributed by atoms with E-state index in [0.717, 1.165) is 0 Å². The molecule has 0 bridgehead atoms. The second kappa shape index (κ2) is 6.83. The first-order chi connectivity index (χ1) is 10.1. The number of carbonyl (C=O) groups is 2. The number of carbonyl (C=O) groups excluding carboxylic acids is 2. The summed E-state index contributed by atoms with van der Waals surface area (Å²) in [6.07, 6.45) is 4.92. The second-order valence-electron chi connectivity index (χ2n) is 4.74. The number of imide groups is 1. The largest absolute Gasteiger partial charge is 0.282 e. The van der Waals surface area contributed by atoms with Gasteiger partial charge in [0.15, 0.2) is 5.82 Å². The van der Waals surface area contributed by atoms with Crippen LogP contribution in [0.5, 0.6) is 0 Å².